The van der Waals surface area contributed by atoms with E-state index in [1.165, 1.54) is 0 Å². The van der Waals surface area contributed by atoms with Gasteiger partial charge in [0.1, 0.15) is 5.78 Å². The number of nitrogens with zero attached hydrogens (tertiary/aromatic N) is 1. The lowest BCUT2D eigenvalue weighted by molar-refractivity contribution is -0.119. The average Bonchev–Trinajstić information content (AvgIpc) is 2.25. The van der Waals surface area contributed by atoms with Crippen molar-refractivity contribution in [2.24, 2.45) is 0 Å². The number of rotatable bonds is 1. The Morgan fingerprint density at radius 1 is 1.12 bits per heavy atom. The van der Waals surface area contributed by atoms with Crippen molar-refractivity contribution in [2.45, 2.75) is 19.8 Å². The number of aryl methyl sites for hydroxylation is 1. The zero-order valence-electron chi connectivity index (χ0n) is 9.09. The third-order valence-corrected chi connectivity index (χ3v) is 3.60. The van der Waals surface area contributed by atoms with E-state index in [1.807, 2.05) is 19.1 Å². The molecule has 0 amide bonds. The molecule has 0 atom stereocenters. The van der Waals surface area contributed by atoms with Gasteiger partial charge in [-0.2, -0.15) is 0 Å². The molecular formula is C12H13Cl2NO. The fourth-order valence-corrected chi connectivity index (χ4v) is 2.37. The van der Waals surface area contributed by atoms with Crippen molar-refractivity contribution in [1.82, 2.24) is 0 Å². The van der Waals surface area contributed by atoms with Gasteiger partial charge in [-0.15, -0.1) is 0 Å². The van der Waals surface area contributed by atoms with E-state index in [-0.39, 0.29) is 0 Å². The highest BCUT2D eigenvalue weighted by molar-refractivity contribution is 6.35. The highest BCUT2D eigenvalue weighted by Crippen LogP contribution is 2.32. The molecule has 0 aliphatic carbocycles. The third kappa shape index (κ3) is 2.33. The first kappa shape index (κ1) is 11.7. The highest BCUT2D eigenvalue weighted by atomic mass is 35.5. The van der Waals surface area contributed by atoms with Crippen molar-refractivity contribution < 1.29 is 4.79 Å². The second-order valence-electron chi connectivity index (χ2n) is 4.08. The van der Waals surface area contributed by atoms with Crippen LogP contribution in [0.3, 0.4) is 0 Å². The minimum absolute atomic E-state index is 0.325. The van der Waals surface area contributed by atoms with Gasteiger partial charge in [0.2, 0.25) is 0 Å². The molecule has 16 heavy (non-hydrogen) atoms. The number of hydrogen-bond acceptors (Lipinski definition) is 2. The predicted octanol–water partition coefficient (Wildman–Crippen LogP) is 3.47. The molecule has 1 aliphatic heterocycles. The fraction of sp³-hybridized carbons (Fsp3) is 0.417. The Morgan fingerprint density at radius 3 is 2.38 bits per heavy atom. The summed E-state index contributed by atoms with van der Waals surface area (Å²) in [5.74, 6) is 0.325. The molecule has 1 aromatic rings. The number of hydrogen-bond donors (Lipinski definition) is 0. The lowest BCUT2D eigenvalue weighted by Gasteiger charge is -2.29. The number of carbonyl (C=O) groups excluding carboxylic acids is 1. The maximum Gasteiger partial charge on any atom is 0.136 e. The SMILES string of the molecule is Cc1cc(Cl)c(N2CCC(=O)CC2)cc1Cl. The summed E-state index contributed by atoms with van der Waals surface area (Å²) in [6.45, 7) is 3.40. The van der Waals surface area contributed by atoms with Crippen molar-refractivity contribution in [3.63, 3.8) is 0 Å². The first-order valence-electron chi connectivity index (χ1n) is 5.30. The molecule has 0 radical (unpaired) electrons. The zero-order valence-corrected chi connectivity index (χ0v) is 10.6. The molecule has 1 aromatic carbocycles. The molecule has 0 saturated carbocycles. The number of piperidine rings is 1. The Morgan fingerprint density at radius 2 is 1.75 bits per heavy atom. The number of carbonyl (C=O) groups is 1. The third-order valence-electron chi connectivity index (χ3n) is 2.89. The number of halogens is 2. The molecule has 1 aliphatic rings. The molecule has 86 valence electrons. The number of benzene rings is 1. The van der Waals surface area contributed by atoms with E-state index in [0.29, 0.717) is 23.6 Å². The molecule has 1 fully saturated rings. The van der Waals surface area contributed by atoms with Crippen molar-refractivity contribution in [3.05, 3.63) is 27.7 Å². The summed E-state index contributed by atoms with van der Waals surface area (Å²) >= 11 is 12.3. The van der Waals surface area contributed by atoms with Gasteiger partial charge in [-0.3, -0.25) is 4.79 Å². The van der Waals surface area contributed by atoms with E-state index in [0.717, 1.165) is 29.4 Å². The quantitative estimate of drug-likeness (QED) is 0.768. The first-order valence-corrected chi connectivity index (χ1v) is 6.06. The van der Waals surface area contributed by atoms with E-state index in [9.17, 15) is 4.79 Å². The molecule has 1 heterocycles. The van der Waals surface area contributed by atoms with Crippen LogP contribution in [0, 0.1) is 6.92 Å². The van der Waals surface area contributed by atoms with Gasteiger partial charge in [0.25, 0.3) is 0 Å². The Balaban J connectivity index is 2.26. The van der Waals surface area contributed by atoms with Crippen LogP contribution in [-0.2, 0) is 4.79 Å². The van der Waals surface area contributed by atoms with Crippen LogP contribution in [-0.4, -0.2) is 18.9 Å². The van der Waals surface area contributed by atoms with Crippen LogP contribution in [0.25, 0.3) is 0 Å². The van der Waals surface area contributed by atoms with Crippen molar-refractivity contribution in [2.75, 3.05) is 18.0 Å². The number of ketones is 1. The van der Waals surface area contributed by atoms with Crippen LogP contribution < -0.4 is 4.90 Å². The topological polar surface area (TPSA) is 20.3 Å². The minimum atomic E-state index is 0.325. The molecule has 2 rings (SSSR count). The van der Waals surface area contributed by atoms with Gasteiger partial charge in [0, 0.05) is 31.0 Å². The van der Waals surface area contributed by atoms with Gasteiger partial charge in [0.05, 0.1) is 10.7 Å². The molecule has 0 bridgehead atoms. The summed E-state index contributed by atoms with van der Waals surface area (Å²) in [5, 5.41) is 1.42. The number of anilines is 1. The molecule has 2 nitrogen and oxygen atoms in total. The normalized spacial score (nSPS) is 16.7. The minimum Gasteiger partial charge on any atom is -0.369 e. The lowest BCUT2D eigenvalue weighted by Crippen LogP contribution is -2.33. The van der Waals surface area contributed by atoms with Crippen molar-refractivity contribution in [3.8, 4) is 0 Å². The Kier molecular flexibility index (Phi) is 3.41. The molecule has 1 saturated heterocycles. The monoisotopic (exact) mass is 257 g/mol. The van der Waals surface area contributed by atoms with Crippen LogP contribution in [0.4, 0.5) is 5.69 Å². The van der Waals surface area contributed by atoms with E-state index < -0.39 is 0 Å². The van der Waals surface area contributed by atoms with E-state index in [1.54, 1.807) is 0 Å². The first-order chi connectivity index (χ1) is 7.58. The van der Waals surface area contributed by atoms with E-state index in [4.69, 9.17) is 23.2 Å². The summed E-state index contributed by atoms with van der Waals surface area (Å²) in [6.07, 6.45) is 1.20. The molecule has 0 N–H and O–H groups in total. The van der Waals surface area contributed by atoms with Crippen LogP contribution >= 0.6 is 23.2 Å². The second kappa shape index (κ2) is 4.64. The summed E-state index contributed by atoms with van der Waals surface area (Å²) in [7, 11) is 0. The van der Waals surface area contributed by atoms with Crippen molar-refractivity contribution >= 4 is 34.7 Å². The van der Waals surface area contributed by atoms with Gasteiger partial charge in [0.15, 0.2) is 0 Å². The number of Topliss-reactive ketones (excluding diaryl/α,β-unsaturated/α-hetero) is 1. The summed E-state index contributed by atoms with van der Waals surface area (Å²) in [6, 6.07) is 3.75. The predicted molar refractivity (Wildman–Crippen MR) is 67.7 cm³/mol. The van der Waals surface area contributed by atoms with E-state index in [2.05, 4.69) is 4.90 Å². The largest absolute Gasteiger partial charge is 0.369 e. The summed E-state index contributed by atoms with van der Waals surface area (Å²) in [5.41, 5.74) is 1.91. The van der Waals surface area contributed by atoms with Crippen molar-refractivity contribution in [1.29, 1.82) is 0 Å². The van der Waals surface area contributed by atoms with Gasteiger partial charge < -0.3 is 4.90 Å². The molecule has 0 spiro atoms. The summed E-state index contributed by atoms with van der Waals surface area (Å²) in [4.78, 5) is 13.3. The average molecular weight is 258 g/mol. The van der Waals surface area contributed by atoms with Gasteiger partial charge in [-0.1, -0.05) is 23.2 Å². The Bertz CT molecular complexity index is 421. The van der Waals surface area contributed by atoms with E-state index >= 15 is 0 Å². The summed E-state index contributed by atoms with van der Waals surface area (Å²) < 4.78 is 0. The standard InChI is InChI=1S/C12H13Cl2NO/c1-8-6-11(14)12(7-10(8)13)15-4-2-9(16)3-5-15/h6-7H,2-5H2,1H3. The Labute approximate surface area is 105 Å². The zero-order chi connectivity index (χ0) is 11.7. The van der Waals surface area contributed by atoms with Crippen LogP contribution in [0.2, 0.25) is 10.0 Å². The highest BCUT2D eigenvalue weighted by Gasteiger charge is 2.19. The van der Waals surface area contributed by atoms with Crippen LogP contribution in [0.15, 0.2) is 12.1 Å². The second-order valence-corrected chi connectivity index (χ2v) is 4.89. The molecule has 0 unspecified atom stereocenters. The lowest BCUT2D eigenvalue weighted by atomic mass is 10.1. The Hall–Kier alpha value is -0.730. The van der Waals surface area contributed by atoms with Crippen LogP contribution in [0.5, 0.6) is 0 Å². The molecule has 0 aromatic heterocycles. The maximum absolute atomic E-state index is 11.2. The smallest absolute Gasteiger partial charge is 0.136 e. The molecule has 4 heteroatoms. The van der Waals surface area contributed by atoms with Gasteiger partial charge in [-0.25, -0.2) is 0 Å². The fourth-order valence-electron chi connectivity index (χ4n) is 1.88. The molecular weight excluding hydrogens is 245 g/mol. The van der Waals surface area contributed by atoms with Crippen LogP contribution in [0.1, 0.15) is 18.4 Å². The van der Waals surface area contributed by atoms with Gasteiger partial charge in [-0.05, 0) is 24.6 Å². The van der Waals surface area contributed by atoms with Gasteiger partial charge >= 0.3 is 0 Å². The maximum atomic E-state index is 11.2.